The van der Waals surface area contributed by atoms with E-state index in [9.17, 15) is 21.6 Å². The van der Waals surface area contributed by atoms with Gasteiger partial charge in [0.2, 0.25) is 0 Å². The van der Waals surface area contributed by atoms with Crippen molar-refractivity contribution in [3.05, 3.63) is 35.1 Å². The fraction of sp³-hybridized carbons (Fsp3) is 0.250. The zero-order valence-corrected chi connectivity index (χ0v) is 8.04. The van der Waals surface area contributed by atoms with E-state index in [1.165, 1.54) is 0 Å². The topological polar surface area (TPSA) is 34.1 Å². The van der Waals surface area contributed by atoms with E-state index in [2.05, 4.69) is 0 Å². The Morgan fingerprint density at radius 2 is 1.71 bits per heavy atom. The molecule has 0 radical (unpaired) electrons. The number of rotatable bonds is 2. The quantitative estimate of drug-likeness (QED) is 0.716. The standard InChI is InChI=1S/C8H7F3O2S/c1-14(12,13)4-5-2-3-6(9)8(11)7(5)10/h2-3H,4H2,1H3. The van der Waals surface area contributed by atoms with Crippen molar-refractivity contribution in [2.75, 3.05) is 6.26 Å². The molecule has 2 nitrogen and oxygen atoms in total. The number of hydrogen-bond acceptors (Lipinski definition) is 2. The van der Waals surface area contributed by atoms with Crippen molar-refractivity contribution in [2.24, 2.45) is 0 Å². The van der Waals surface area contributed by atoms with Gasteiger partial charge in [-0.2, -0.15) is 0 Å². The molecular weight excluding hydrogens is 217 g/mol. The highest BCUT2D eigenvalue weighted by molar-refractivity contribution is 7.89. The number of halogens is 3. The van der Waals surface area contributed by atoms with E-state index >= 15 is 0 Å². The van der Waals surface area contributed by atoms with E-state index < -0.39 is 33.0 Å². The highest BCUT2D eigenvalue weighted by atomic mass is 32.2. The van der Waals surface area contributed by atoms with Gasteiger partial charge >= 0.3 is 0 Å². The summed E-state index contributed by atoms with van der Waals surface area (Å²) in [4.78, 5) is 0. The van der Waals surface area contributed by atoms with Crippen molar-refractivity contribution in [3.63, 3.8) is 0 Å². The van der Waals surface area contributed by atoms with Crippen LogP contribution in [0.2, 0.25) is 0 Å². The minimum atomic E-state index is -3.46. The van der Waals surface area contributed by atoms with Gasteiger partial charge in [-0.15, -0.1) is 0 Å². The monoisotopic (exact) mass is 224 g/mol. The molecule has 0 aliphatic heterocycles. The predicted molar refractivity (Wildman–Crippen MR) is 44.9 cm³/mol. The van der Waals surface area contributed by atoms with Crippen LogP contribution in [-0.2, 0) is 15.6 Å². The van der Waals surface area contributed by atoms with Crippen molar-refractivity contribution in [2.45, 2.75) is 5.75 Å². The first-order valence-electron chi connectivity index (χ1n) is 3.61. The molecule has 0 unspecified atom stereocenters. The lowest BCUT2D eigenvalue weighted by atomic mass is 10.2. The van der Waals surface area contributed by atoms with Crippen LogP contribution in [0.4, 0.5) is 13.2 Å². The van der Waals surface area contributed by atoms with Crippen molar-refractivity contribution in [1.82, 2.24) is 0 Å². The molecule has 0 aromatic heterocycles. The molecule has 0 aliphatic rings. The first kappa shape index (κ1) is 11.0. The second kappa shape index (κ2) is 3.61. The largest absolute Gasteiger partial charge is 0.229 e. The first-order valence-corrected chi connectivity index (χ1v) is 5.67. The highest BCUT2D eigenvalue weighted by Crippen LogP contribution is 2.16. The minimum absolute atomic E-state index is 0.369. The maximum Gasteiger partial charge on any atom is 0.194 e. The molecule has 1 rings (SSSR count). The lowest BCUT2D eigenvalue weighted by Gasteiger charge is -2.02. The van der Waals surface area contributed by atoms with Crippen LogP contribution in [0.3, 0.4) is 0 Å². The predicted octanol–water partition coefficient (Wildman–Crippen LogP) is 1.65. The zero-order valence-electron chi connectivity index (χ0n) is 7.22. The third-order valence-electron chi connectivity index (χ3n) is 1.53. The first-order chi connectivity index (χ1) is 6.31. The van der Waals surface area contributed by atoms with Gasteiger partial charge in [-0.1, -0.05) is 6.07 Å². The third-order valence-corrected chi connectivity index (χ3v) is 2.37. The van der Waals surface area contributed by atoms with Crippen LogP contribution in [-0.4, -0.2) is 14.7 Å². The van der Waals surface area contributed by atoms with Gasteiger partial charge in [0, 0.05) is 11.8 Å². The van der Waals surface area contributed by atoms with Crippen LogP contribution < -0.4 is 0 Å². The molecule has 6 heteroatoms. The summed E-state index contributed by atoms with van der Waals surface area (Å²) in [5.74, 6) is -5.07. The van der Waals surface area contributed by atoms with Crippen LogP contribution in [0.15, 0.2) is 12.1 Å². The SMILES string of the molecule is CS(=O)(=O)Cc1ccc(F)c(F)c1F. The maximum absolute atomic E-state index is 12.9. The fourth-order valence-electron chi connectivity index (χ4n) is 0.960. The molecule has 0 aliphatic carbocycles. The summed E-state index contributed by atoms with van der Waals surface area (Å²) in [6.07, 6.45) is 0.883. The Hall–Kier alpha value is -1.04. The number of hydrogen-bond donors (Lipinski definition) is 0. The lowest BCUT2D eigenvalue weighted by molar-refractivity contribution is 0.442. The molecule has 1 aromatic carbocycles. The van der Waals surface area contributed by atoms with Gasteiger partial charge in [-0.3, -0.25) is 0 Å². The summed E-state index contributed by atoms with van der Waals surface area (Å²) >= 11 is 0. The Labute approximate surface area is 79.3 Å². The average molecular weight is 224 g/mol. The minimum Gasteiger partial charge on any atom is -0.229 e. The Bertz CT molecular complexity index is 454. The third kappa shape index (κ3) is 2.47. The van der Waals surface area contributed by atoms with Gasteiger partial charge in [0.1, 0.15) is 0 Å². The molecule has 0 heterocycles. The Kier molecular flexibility index (Phi) is 2.84. The normalized spacial score (nSPS) is 11.7. The summed E-state index contributed by atoms with van der Waals surface area (Å²) in [7, 11) is -3.46. The van der Waals surface area contributed by atoms with Crippen LogP contribution in [0.25, 0.3) is 0 Å². The van der Waals surface area contributed by atoms with Gasteiger partial charge < -0.3 is 0 Å². The zero-order chi connectivity index (χ0) is 10.9. The van der Waals surface area contributed by atoms with Gasteiger partial charge in [-0.25, -0.2) is 21.6 Å². The summed E-state index contributed by atoms with van der Waals surface area (Å²) in [6.45, 7) is 0. The van der Waals surface area contributed by atoms with E-state index in [0.29, 0.717) is 6.07 Å². The van der Waals surface area contributed by atoms with Crippen LogP contribution in [0, 0.1) is 17.5 Å². The van der Waals surface area contributed by atoms with Crippen LogP contribution in [0.1, 0.15) is 5.56 Å². The maximum atomic E-state index is 12.9. The highest BCUT2D eigenvalue weighted by Gasteiger charge is 2.16. The average Bonchev–Trinajstić information content (AvgIpc) is 2.04. The molecule has 14 heavy (non-hydrogen) atoms. The lowest BCUT2D eigenvalue weighted by Crippen LogP contribution is -2.05. The molecule has 0 saturated carbocycles. The van der Waals surface area contributed by atoms with E-state index in [-0.39, 0.29) is 5.56 Å². The molecular formula is C8H7F3O2S. The number of sulfone groups is 1. The molecule has 0 atom stereocenters. The van der Waals surface area contributed by atoms with Gasteiger partial charge in [-0.05, 0) is 6.07 Å². The van der Waals surface area contributed by atoms with Crippen LogP contribution in [0.5, 0.6) is 0 Å². The van der Waals surface area contributed by atoms with Crippen molar-refractivity contribution < 1.29 is 21.6 Å². The van der Waals surface area contributed by atoms with Crippen molar-refractivity contribution >= 4 is 9.84 Å². The number of benzene rings is 1. The van der Waals surface area contributed by atoms with E-state index in [1.54, 1.807) is 0 Å². The van der Waals surface area contributed by atoms with Crippen LogP contribution >= 0.6 is 0 Å². The van der Waals surface area contributed by atoms with Gasteiger partial charge in [0.15, 0.2) is 27.3 Å². The second-order valence-corrected chi connectivity index (χ2v) is 5.04. The van der Waals surface area contributed by atoms with E-state index in [0.717, 1.165) is 12.3 Å². The fourth-order valence-corrected chi connectivity index (χ4v) is 1.75. The molecule has 0 amide bonds. The van der Waals surface area contributed by atoms with Crippen molar-refractivity contribution in [3.8, 4) is 0 Å². The Morgan fingerprint density at radius 1 is 1.14 bits per heavy atom. The molecule has 1 aromatic rings. The summed E-state index contributed by atoms with van der Waals surface area (Å²) in [5.41, 5.74) is -0.369. The van der Waals surface area contributed by atoms with E-state index in [4.69, 9.17) is 0 Å². The van der Waals surface area contributed by atoms with Crippen molar-refractivity contribution in [1.29, 1.82) is 0 Å². The van der Waals surface area contributed by atoms with Gasteiger partial charge in [0.25, 0.3) is 0 Å². The molecule has 0 fully saturated rings. The summed E-state index contributed by atoms with van der Waals surface area (Å²) in [6, 6.07) is 1.60. The molecule has 0 spiro atoms. The Balaban J connectivity index is 3.19. The second-order valence-electron chi connectivity index (χ2n) is 2.90. The summed E-state index contributed by atoms with van der Waals surface area (Å²) in [5, 5.41) is 0. The molecule has 0 N–H and O–H groups in total. The Morgan fingerprint density at radius 3 is 2.21 bits per heavy atom. The summed E-state index contributed by atoms with van der Waals surface area (Å²) < 4.78 is 59.5. The van der Waals surface area contributed by atoms with E-state index in [1.807, 2.05) is 0 Å². The molecule has 0 bridgehead atoms. The molecule has 78 valence electrons. The molecule has 0 saturated heterocycles. The van der Waals surface area contributed by atoms with Gasteiger partial charge in [0.05, 0.1) is 5.75 Å². The smallest absolute Gasteiger partial charge is 0.194 e.